The highest BCUT2D eigenvalue weighted by Crippen LogP contribution is 2.28. The molecule has 128 valence electrons. The first kappa shape index (κ1) is 18.5. The quantitative estimate of drug-likeness (QED) is 0.352. The number of nitrogens with one attached hydrogen (secondary N) is 1. The summed E-state index contributed by atoms with van der Waals surface area (Å²) in [5.41, 5.74) is 1.81. The van der Waals surface area contributed by atoms with Crippen LogP contribution in [0, 0.1) is 7.14 Å². The molecule has 5 nitrogen and oxygen atoms in total. The van der Waals surface area contributed by atoms with Crippen LogP contribution in [-0.4, -0.2) is 23.5 Å². The summed E-state index contributed by atoms with van der Waals surface area (Å²) in [5, 5.41) is 3.33. The van der Waals surface area contributed by atoms with Crippen LogP contribution in [0.2, 0.25) is 0 Å². The standard InChI is InChI=1S/C17H12I2N2O3S/c1-2-24-16(23)9-3-6-13-14(7-9)25-17(20-13)21-15(22)11-8-10(18)4-5-12(11)19/h3-8H,2H2,1H3,(H,20,21,22). The minimum absolute atomic E-state index is 0.201. The highest BCUT2D eigenvalue weighted by molar-refractivity contribution is 14.1. The van der Waals surface area contributed by atoms with Gasteiger partial charge in [-0.2, -0.15) is 0 Å². The third-order valence-electron chi connectivity index (χ3n) is 3.29. The summed E-state index contributed by atoms with van der Waals surface area (Å²) < 4.78 is 7.69. The molecule has 0 radical (unpaired) electrons. The van der Waals surface area contributed by atoms with Gasteiger partial charge in [0.1, 0.15) is 0 Å². The molecule has 1 heterocycles. The van der Waals surface area contributed by atoms with Crippen molar-refractivity contribution in [2.24, 2.45) is 0 Å². The summed E-state index contributed by atoms with van der Waals surface area (Å²) in [5.74, 6) is -0.565. The number of carbonyl (C=O) groups excluding carboxylic acids is 2. The van der Waals surface area contributed by atoms with E-state index in [-0.39, 0.29) is 11.9 Å². The fourth-order valence-electron chi connectivity index (χ4n) is 2.16. The molecule has 25 heavy (non-hydrogen) atoms. The van der Waals surface area contributed by atoms with Gasteiger partial charge in [-0.05, 0) is 88.5 Å². The molecule has 2 aromatic carbocycles. The van der Waals surface area contributed by atoms with Crippen LogP contribution < -0.4 is 5.32 Å². The van der Waals surface area contributed by atoms with Crippen molar-refractivity contribution < 1.29 is 14.3 Å². The fraction of sp³-hybridized carbons (Fsp3) is 0.118. The van der Waals surface area contributed by atoms with Crippen LogP contribution in [0.5, 0.6) is 0 Å². The number of thiazole rings is 1. The molecule has 0 atom stereocenters. The van der Waals surface area contributed by atoms with Gasteiger partial charge < -0.3 is 4.74 Å². The van der Waals surface area contributed by atoms with Gasteiger partial charge in [-0.3, -0.25) is 10.1 Å². The molecule has 0 aliphatic rings. The van der Waals surface area contributed by atoms with Crippen molar-refractivity contribution in [2.45, 2.75) is 6.92 Å². The maximum atomic E-state index is 12.5. The number of benzene rings is 2. The van der Waals surface area contributed by atoms with Gasteiger partial charge in [-0.15, -0.1) is 0 Å². The van der Waals surface area contributed by atoms with E-state index in [0.717, 1.165) is 17.4 Å². The second kappa shape index (κ2) is 7.96. The van der Waals surface area contributed by atoms with E-state index in [1.54, 1.807) is 25.1 Å². The third-order valence-corrected chi connectivity index (χ3v) is 5.84. The molecular formula is C17H12I2N2O3S. The molecule has 3 rings (SSSR count). The predicted molar refractivity (Wildman–Crippen MR) is 115 cm³/mol. The van der Waals surface area contributed by atoms with Crippen LogP contribution in [0.25, 0.3) is 10.2 Å². The number of aromatic nitrogens is 1. The number of hydrogen-bond acceptors (Lipinski definition) is 5. The smallest absolute Gasteiger partial charge is 0.338 e. The van der Waals surface area contributed by atoms with Crippen LogP contribution in [0.3, 0.4) is 0 Å². The van der Waals surface area contributed by atoms with Crippen molar-refractivity contribution in [1.29, 1.82) is 0 Å². The molecular weight excluding hydrogens is 566 g/mol. The Kier molecular flexibility index (Phi) is 5.89. The average Bonchev–Trinajstić information content (AvgIpc) is 2.98. The summed E-state index contributed by atoms with van der Waals surface area (Å²) in [7, 11) is 0. The third kappa shape index (κ3) is 4.29. The average molecular weight is 578 g/mol. The zero-order valence-electron chi connectivity index (χ0n) is 13.0. The van der Waals surface area contributed by atoms with E-state index in [0.29, 0.717) is 22.9 Å². The zero-order chi connectivity index (χ0) is 18.0. The molecule has 0 fully saturated rings. The van der Waals surface area contributed by atoms with Gasteiger partial charge in [0, 0.05) is 7.14 Å². The summed E-state index contributed by atoms with van der Waals surface area (Å²) in [6.07, 6.45) is 0. The fourth-order valence-corrected chi connectivity index (χ4v) is 4.13. The Morgan fingerprint density at radius 2 is 2.00 bits per heavy atom. The summed E-state index contributed by atoms with van der Waals surface area (Å²) in [6, 6.07) is 10.9. The monoisotopic (exact) mass is 578 g/mol. The maximum absolute atomic E-state index is 12.5. The molecule has 0 saturated carbocycles. The lowest BCUT2D eigenvalue weighted by Gasteiger charge is -2.04. The number of nitrogens with zero attached hydrogens (tertiary/aromatic N) is 1. The largest absolute Gasteiger partial charge is 0.462 e. The lowest BCUT2D eigenvalue weighted by molar-refractivity contribution is 0.0526. The Labute approximate surface area is 175 Å². The van der Waals surface area contributed by atoms with E-state index in [4.69, 9.17) is 4.74 Å². The van der Waals surface area contributed by atoms with E-state index in [9.17, 15) is 9.59 Å². The maximum Gasteiger partial charge on any atom is 0.338 e. The van der Waals surface area contributed by atoms with Crippen LogP contribution in [0.4, 0.5) is 5.13 Å². The minimum atomic E-state index is -0.364. The summed E-state index contributed by atoms with van der Waals surface area (Å²) in [4.78, 5) is 28.7. The number of fused-ring (bicyclic) bond motifs is 1. The van der Waals surface area contributed by atoms with Gasteiger partial charge in [0.15, 0.2) is 5.13 Å². The highest BCUT2D eigenvalue weighted by Gasteiger charge is 2.14. The molecule has 8 heteroatoms. The first-order valence-electron chi connectivity index (χ1n) is 7.32. The molecule has 3 aromatic rings. The van der Waals surface area contributed by atoms with Gasteiger partial charge in [-0.1, -0.05) is 11.3 Å². The Balaban J connectivity index is 1.85. The second-order valence-electron chi connectivity index (χ2n) is 5.00. The Hall–Kier alpha value is -1.27. The lowest BCUT2D eigenvalue weighted by atomic mass is 10.2. The Morgan fingerprint density at radius 3 is 2.76 bits per heavy atom. The minimum Gasteiger partial charge on any atom is -0.462 e. The van der Waals surface area contributed by atoms with E-state index in [2.05, 4.69) is 55.5 Å². The van der Waals surface area contributed by atoms with Crippen molar-refractivity contribution >= 4 is 83.7 Å². The Morgan fingerprint density at radius 1 is 1.20 bits per heavy atom. The molecule has 0 unspecified atom stereocenters. The number of hydrogen-bond donors (Lipinski definition) is 1. The van der Waals surface area contributed by atoms with Crippen LogP contribution in [0.15, 0.2) is 36.4 Å². The van der Waals surface area contributed by atoms with Crippen molar-refractivity contribution in [3.63, 3.8) is 0 Å². The first-order chi connectivity index (χ1) is 12.0. The van der Waals surface area contributed by atoms with Crippen molar-refractivity contribution in [3.05, 3.63) is 54.7 Å². The van der Waals surface area contributed by atoms with Crippen molar-refractivity contribution in [3.8, 4) is 0 Å². The van der Waals surface area contributed by atoms with Crippen LogP contribution >= 0.6 is 56.5 Å². The van der Waals surface area contributed by atoms with E-state index in [1.165, 1.54) is 11.3 Å². The number of halogens is 2. The topological polar surface area (TPSA) is 68.3 Å². The van der Waals surface area contributed by atoms with Crippen LogP contribution in [0.1, 0.15) is 27.6 Å². The number of esters is 1. The Bertz CT molecular complexity index is 972. The first-order valence-corrected chi connectivity index (χ1v) is 10.3. The van der Waals surface area contributed by atoms with Gasteiger partial charge in [-0.25, -0.2) is 9.78 Å². The van der Waals surface area contributed by atoms with Gasteiger partial charge in [0.25, 0.3) is 5.91 Å². The second-order valence-corrected chi connectivity index (χ2v) is 8.44. The molecule has 0 bridgehead atoms. The number of rotatable bonds is 4. The molecule has 1 amide bonds. The predicted octanol–water partition coefficient (Wildman–Crippen LogP) is 4.93. The zero-order valence-corrected chi connectivity index (χ0v) is 18.1. The number of anilines is 1. The van der Waals surface area contributed by atoms with Crippen LogP contribution in [-0.2, 0) is 4.74 Å². The van der Waals surface area contributed by atoms with Gasteiger partial charge in [0.2, 0.25) is 0 Å². The SMILES string of the molecule is CCOC(=O)c1ccc2nc(NC(=O)c3cc(I)ccc3I)sc2c1. The normalized spacial score (nSPS) is 10.7. The lowest BCUT2D eigenvalue weighted by Crippen LogP contribution is -2.13. The van der Waals surface area contributed by atoms with E-state index < -0.39 is 0 Å². The molecule has 0 spiro atoms. The van der Waals surface area contributed by atoms with Gasteiger partial charge >= 0.3 is 5.97 Å². The van der Waals surface area contributed by atoms with E-state index >= 15 is 0 Å². The number of ether oxygens (including phenoxy) is 1. The summed E-state index contributed by atoms with van der Waals surface area (Å²) >= 11 is 5.63. The molecule has 0 saturated heterocycles. The number of carbonyl (C=O) groups is 2. The molecule has 1 N–H and O–H groups in total. The number of amides is 1. The van der Waals surface area contributed by atoms with E-state index in [1.807, 2.05) is 18.2 Å². The van der Waals surface area contributed by atoms with Crippen molar-refractivity contribution in [2.75, 3.05) is 11.9 Å². The summed E-state index contributed by atoms with van der Waals surface area (Å²) in [6.45, 7) is 2.10. The van der Waals surface area contributed by atoms with Gasteiger partial charge in [0.05, 0.1) is 28.0 Å². The molecule has 0 aliphatic heterocycles. The van der Waals surface area contributed by atoms with Crippen molar-refractivity contribution in [1.82, 2.24) is 4.98 Å². The highest BCUT2D eigenvalue weighted by atomic mass is 127. The molecule has 1 aromatic heterocycles. The molecule has 0 aliphatic carbocycles.